The monoisotopic (exact) mass is 277 g/mol. The maximum atomic E-state index is 10.6. The van der Waals surface area contributed by atoms with Crippen molar-refractivity contribution in [1.29, 1.82) is 0 Å². The van der Waals surface area contributed by atoms with Gasteiger partial charge in [-0.15, -0.1) is 0 Å². The third-order valence-corrected chi connectivity index (χ3v) is 3.68. The third kappa shape index (κ3) is 15.5. The zero-order valence-electron chi connectivity index (χ0n) is 10.9. The van der Waals surface area contributed by atoms with Crippen molar-refractivity contribution in [3.8, 4) is 0 Å². The highest BCUT2D eigenvalue weighted by molar-refractivity contribution is 7.51. The minimum absolute atomic E-state index is 0.0181. The van der Waals surface area contributed by atoms with Gasteiger partial charge in [-0.3, -0.25) is 4.57 Å². The second kappa shape index (κ2) is 11.6. The molecule has 0 aliphatic rings. The fourth-order valence-electron chi connectivity index (χ4n) is 1.79. The minimum atomic E-state index is -3.78. The molecule has 0 rings (SSSR count). The molecule has 0 aromatic heterocycles. The summed E-state index contributed by atoms with van der Waals surface area (Å²) >= 11 is 0. The molecule has 106 valence electrons. The molecule has 0 fully saturated rings. The summed E-state index contributed by atoms with van der Waals surface area (Å²) in [7, 11) is -3.78. The summed E-state index contributed by atoms with van der Waals surface area (Å²) in [5.74, 6) is 0. The lowest BCUT2D eigenvalue weighted by Gasteiger charge is -2.03. The van der Waals surface area contributed by atoms with Crippen molar-refractivity contribution in [3.63, 3.8) is 0 Å². The van der Waals surface area contributed by atoms with Gasteiger partial charge < -0.3 is 9.79 Å². The molecule has 0 radical (unpaired) electrons. The molecular weight excluding hydrogens is 253 g/mol. The first kappa shape index (κ1) is 17.5. The first-order valence-electron chi connectivity index (χ1n) is 6.64. The third-order valence-electron chi connectivity index (χ3n) is 2.78. The van der Waals surface area contributed by atoms with Crippen LogP contribution < -0.4 is 0 Å². The van der Waals surface area contributed by atoms with E-state index in [0.29, 0.717) is 13.0 Å². The van der Waals surface area contributed by atoms with Crippen LogP contribution in [0.4, 0.5) is 0 Å². The summed E-state index contributed by atoms with van der Waals surface area (Å²) < 4.78 is 10.6. The molecule has 0 bridgehead atoms. The van der Waals surface area contributed by atoms with Gasteiger partial charge in [-0.25, -0.2) is 9.79 Å². The Morgan fingerprint density at radius 3 is 1.72 bits per heavy atom. The van der Waals surface area contributed by atoms with E-state index >= 15 is 0 Å². The summed E-state index contributed by atoms with van der Waals surface area (Å²) in [6.07, 6.45) is 10.8. The van der Waals surface area contributed by atoms with Crippen molar-refractivity contribution < 1.29 is 19.1 Å². The maximum Gasteiger partial charge on any atom is 0.325 e. The molecule has 0 aliphatic carbocycles. The number of unbranched alkanes of at least 4 members (excludes halogenated alkanes) is 8. The lowest BCUT2D eigenvalue weighted by molar-refractivity contribution is 0.370. The van der Waals surface area contributed by atoms with Crippen LogP contribution in [0.5, 0.6) is 0 Å². The molecule has 0 aromatic rings. The summed E-state index contributed by atoms with van der Waals surface area (Å²) in [5, 5.41) is 0. The van der Waals surface area contributed by atoms with Gasteiger partial charge in [0.15, 0.2) is 0 Å². The molecule has 0 saturated carbocycles. The highest BCUT2D eigenvalue weighted by atomic mass is 31.2. The van der Waals surface area contributed by atoms with Gasteiger partial charge in [0.05, 0.1) is 6.54 Å². The van der Waals surface area contributed by atoms with E-state index in [0.717, 1.165) is 38.5 Å². The average molecular weight is 277 g/mol. The van der Waals surface area contributed by atoms with E-state index in [1.807, 2.05) is 0 Å². The van der Waals surface area contributed by atoms with E-state index in [1.165, 1.54) is 18.9 Å². The molecule has 0 amide bonds. The molecule has 5 nitrogen and oxygen atoms in total. The molecule has 0 unspecified atom stereocenters. The van der Waals surface area contributed by atoms with Crippen LogP contribution in [-0.2, 0) is 9.36 Å². The number of isocyanates is 1. The van der Waals surface area contributed by atoms with E-state index in [-0.39, 0.29) is 6.16 Å². The minimum Gasteiger partial charge on any atom is -0.324 e. The van der Waals surface area contributed by atoms with Crippen LogP contribution in [0.1, 0.15) is 57.8 Å². The Morgan fingerprint density at radius 1 is 0.833 bits per heavy atom. The first-order valence-corrected chi connectivity index (χ1v) is 8.44. The Balaban J connectivity index is 3.08. The first-order chi connectivity index (χ1) is 8.56. The van der Waals surface area contributed by atoms with Gasteiger partial charge in [0.1, 0.15) is 0 Å². The molecule has 0 aromatic carbocycles. The molecule has 0 aliphatic heterocycles. The SMILES string of the molecule is O=C=NCCCCCCCCCCCP(=O)(O)O. The Morgan fingerprint density at radius 2 is 1.28 bits per heavy atom. The average Bonchev–Trinajstić information content (AvgIpc) is 2.29. The summed E-state index contributed by atoms with van der Waals surface area (Å²) in [6.45, 7) is 0.589. The van der Waals surface area contributed by atoms with Gasteiger partial charge >= 0.3 is 7.60 Å². The van der Waals surface area contributed by atoms with Crippen LogP contribution in [0.25, 0.3) is 0 Å². The molecule has 0 spiro atoms. The number of hydrogen-bond acceptors (Lipinski definition) is 3. The number of aliphatic imine (C=N–C) groups is 1. The Hall–Kier alpha value is -0.470. The van der Waals surface area contributed by atoms with Crippen LogP contribution in [0.15, 0.2) is 4.99 Å². The van der Waals surface area contributed by atoms with E-state index in [4.69, 9.17) is 9.79 Å². The van der Waals surface area contributed by atoms with Crippen LogP contribution >= 0.6 is 7.60 Å². The van der Waals surface area contributed by atoms with Crippen molar-refractivity contribution in [3.05, 3.63) is 0 Å². The molecule has 18 heavy (non-hydrogen) atoms. The summed E-state index contributed by atoms with van der Waals surface area (Å²) in [5.41, 5.74) is 0. The Kier molecular flexibility index (Phi) is 11.3. The zero-order chi connectivity index (χ0) is 13.7. The van der Waals surface area contributed by atoms with Gasteiger partial charge in [-0.05, 0) is 12.8 Å². The molecular formula is C12H24NO4P. The highest BCUT2D eigenvalue weighted by Gasteiger charge is 2.10. The van der Waals surface area contributed by atoms with Crippen LogP contribution in [0, 0.1) is 0 Å². The molecule has 2 N–H and O–H groups in total. The second-order valence-electron chi connectivity index (χ2n) is 4.54. The molecule has 0 saturated heterocycles. The lowest BCUT2D eigenvalue weighted by Crippen LogP contribution is -1.88. The van der Waals surface area contributed by atoms with Crippen LogP contribution in [0.3, 0.4) is 0 Å². The van der Waals surface area contributed by atoms with Gasteiger partial charge in [0.2, 0.25) is 6.08 Å². The number of rotatable bonds is 12. The smallest absolute Gasteiger partial charge is 0.324 e. The van der Waals surface area contributed by atoms with Crippen molar-refractivity contribution in [1.82, 2.24) is 0 Å². The zero-order valence-corrected chi connectivity index (χ0v) is 11.8. The second-order valence-corrected chi connectivity index (χ2v) is 6.32. The van der Waals surface area contributed by atoms with Crippen molar-refractivity contribution in [2.75, 3.05) is 12.7 Å². The van der Waals surface area contributed by atoms with Crippen LogP contribution in [0.2, 0.25) is 0 Å². The lowest BCUT2D eigenvalue weighted by atomic mass is 10.1. The predicted molar refractivity (Wildman–Crippen MR) is 71.5 cm³/mol. The standard InChI is InChI=1S/C12H24NO4P/c14-12-13-10-8-6-4-2-1-3-5-7-9-11-18(15,16)17/h1-11H2,(H2,15,16,17). The topological polar surface area (TPSA) is 87.0 Å². The van der Waals surface area contributed by atoms with Crippen molar-refractivity contribution >= 4 is 13.7 Å². The van der Waals surface area contributed by atoms with Crippen LogP contribution in [-0.4, -0.2) is 28.6 Å². The van der Waals surface area contributed by atoms with Crippen molar-refractivity contribution in [2.45, 2.75) is 57.8 Å². The summed E-state index contributed by atoms with van der Waals surface area (Å²) in [6, 6.07) is 0. The normalized spacial score (nSPS) is 11.2. The Bertz CT molecular complexity index is 284. The van der Waals surface area contributed by atoms with Gasteiger partial charge in [-0.2, -0.15) is 0 Å². The molecule has 6 heteroatoms. The van der Waals surface area contributed by atoms with Gasteiger partial charge in [0, 0.05) is 6.16 Å². The number of carbonyl (C=O) groups excluding carboxylic acids is 1. The Labute approximate surface area is 109 Å². The number of hydrogen-bond donors (Lipinski definition) is 2. The van der Waals surface area contributed by atoms with Gasteiger partial charge in [0.25, 0.3) is 0 Å². The maximum absolute atomic E-state index is 10.6. The van der Waals surface area contributed by atoms with Crippen molar-refractivity contribution in [2.24, 2.45) is 4.99 Å². The fraction of sp³-hybridized carbons (Fsp3) is 0.917. The fourth-order valence-corrected chi connectivity index (χ4v) is 2.43. The molecule has 0 heterocycles. The quantitative estimate of drug-likeness (QED) is 0.248. The predicted octanol–water partition coefficient (Wildman–Crippen LogP) is 3.01. The van der Waals surface area contributed by atoms with Gasteiger partial charge in [-0.1, -0.05) is 44.9 Å². The van der Waals surface area contributed by atoms with E-state index in [1.54, 1.807) is 0 Å². The molecule has 0 atom stereocenters. The number of nitrogens with zero attached hydrogens (tertiary/aromatic N) is 1. The van der Waals surface area contributed by atoms with E-state index in [9.17, 15) is 9.36 Å². The summed E-state index contributed by atoms with van der Waals surface area (Å²) in [4.78, 5) is 30.6. The largest absolute Gasteiger partial charge is 0.325 e. The van der Waals surface area contributed by atoms with E-state index in [2.05, 4.69) is 4.99 Å². The highest BCUT2D eigenvalue weighted by Crippen LogP contribution is 2.35. The van der Waals surface area contributed by atoms with E-state index < -0.39 is 7.60 Å².